The standard InChI is InChI=1S/C120H78N8/c1-68-121-104-60-55-74(64-110(104)125(68)4)76-32-20-34-84-92(76)66-93-77(33-21-35-85(93)113(84)88-38-22-40-90-115-78-27-7-6-26-72(78)53-58-100(115)119(117(88)90)96-42-12-8-28-80(96)81-29-9-13-43-97(81)119)75-56-61-105-111(65-75)126(5)112(124-105)63-71-52-57-79-73(62-71)54-59-101-116(79)91-41-23-39-89(118(91)120(101)98-44-14-10-30-82(98)83-31-11-15-45-99(83)120)114-86-36-24-50-106(127-69(2)122-102-46-16-18-48-108(102)127)94(86)67-95-87(114)37-25-51-107(95)128-70(3)123-103-47-17-19-49-109(103)128/h6-62,64-67H,63H2,1-5H3. The Balaban J connectivity index is 0.616. The average molecular weight is 1630 g/mol. The van der Waals surface area contributed by atoms with E-state index in [-0.39, 0.29) is 0 Å². The molecule has 28 rings (SSSR count). The smallest absolute Gasteiger partial charge is 0.114 e. The van der Waals surface area contributed by atoms with E-state index in [1.165, 1.54) is 176 Å². The molecule has 0 bridgehead atoms. The molecular weight excluding hydrogens is 1550 g/mol. The van der Waals surface area contributed by atoms with Gasteiger partial charge in [0.1, 0.15) is 23.3 Å². The van der Waals surface area contributed by atoms with E-state index in [1.807, 2.05) is 0 Å². The molecule has 0 saturated carbocycles. The van der Waals surface area contributed by atoms with Crippen molar-refractivity contribution in [2.75, 3.05) is 0 Å². The molecule has 4 aliphatic carbocycles. The molecule has 0 amide bonds. The highest BCUT2D eigenvalue weighted by Gasteiger charge is 2.55. The van der Waals surface area contributed by atoms with E-state index in [0.717, 1.165) is 106 Å². The van der Waals surface area contributed by atoms with Crippen molar-refractivity contribution in [3.63, 3.8) is 0 Å². The number of benzene rings is 20. The quantitative estimate of drug-likeness (QED) is 0.142. The lowest BCUT2D eigenvalue weighted by Gasteiger charge is -2.33. The number of imidazole rings is 4. The van der Waals surface area contributed by atoms with Crippen LogP contribution in [0.25, 0.3) is 209 Å². The van der Waals surface area contributed by atoms with Crippen molar-refractivity contribution in [3.05, 3.63) is 443 Å². The zero-order valence-corrected chi connectivity index (χ0v) is 71.0. The molecule has 2 spiro atoms. The summed E-state index contributed by atoms with van der Waals surface area (Å²) in [5, 5.41) is 14.3. The molecule has 0 aliphatic heterocycles. The predicted octanol–water partition coefficient (Wildman–Crippen LogP) is 28.9. The third-order valence-electron chi connectivity index (χ3n) is 29.7. The van der Waals surface area contributed by atoms with E-state index in [4.69, 9.17) is 19.9 Å². The van der Waals surface area contributed by atoms with Gasteiger partial charge in [-0.2, -0.15) is 0 Å². The van der Waals surface area contributed by atoms with Crippen LogP contribution in [0.4, 0.5) is 0 Å². The van der Waals surface area contributed by atoms with E-state index in [1.54, 1.807) is 0 Å². The predicted molar refractivity (Wildman–Crippen MR) is 527 cm³/mol. The molecule has 24 aromatic rings. The van der Waals surface area contributed by atoms with Crippen LogP contribution < -0.4 is 0 Å². The molecule has 4 heterocycles. The number of hydrogen-bond acceptors (Lipinski definition) is 4. The third-order valence-corrected chi connectivity index (χ3v) is 29.7. The molecule has 8 heteroatoms. The summed E-state index contributed by atoms with van der Waals surface area (Å²) in [4.78, 5) is 20.9. The van der Waals surface area contributed by atoms with Gasteiger partial charge in [0.05, 0.1) is 66.3 Å². The summed E-state index contributed by atoms with van der Waals surface area (Å²) in [6, 6.07) is 141. The number of aromatic nitrogens is 8. The fourth-order valence-electron chi connectivity index (χ4n) is 24.5. The molecule has 598 valence electrons. The summed E-state index contributed by atoms with van der Waals surface area (Å²) < 4.78 is 9.28. The van der Waals surface area contributed by atoms with Crippen LogP contribution in [0.15, 0.2) is 370 Å². The molecule has 0 unspecified atom stereocenters. The molecule has 20 aromatic carbocycles. The first kappa shape index (κ1) is 71.3. The van der Waals surface area contributed by atoms with E-state index in [0.29, 0.717) is 6.42 Å². The number of aryl methyl sites for hydroxylation is 5. The summed E-state index contributed by atoms with van der Waals surface area (Å²) in [7, 11) is 4.34. The van der Waals surface area contributed by atoms with Crippen LogP contribution in [-0.2, 0) is 31.3 Å². The maximum Gasteiger partial charge on any atom is 0.114 e. The van der Waals surface area contributed by atoms with Crippen molar-refractivity contribution in [1.82, 2.24) is 38.2 Å². The minimum Gasteiger partial charge on any atom is -0.331 e. The van der Waals surface area contributed by atoms with Gasteiger partial charge in [0.15, 0.2) is 0 Å². The second-order valence-corrected chi connectivity index (χ2v) is 35.8. The van der Waals surface area contributed by atoms with Gasteiger partial charge in [-0.05, 0) is 287 Å². The normalized spacial score (nSPS) is 13.5. The van der Waals surface area contributed by atoms with Gasteiger partial charge < -0.3 is 9.13 Å². The summed E-state index contributed by atoms with van der Waals surface area (Å²) in [5.74, 6) is 3.85. The van der Waals surface area contributed by atoms with Crippen LogP contribution in [0.1, 0.15) is 73.4 Å². The van der Waals surface area contributed by atoms with Crippen molar-refractivity contribution in [3.8, 4) is 100 Å². The summed E-state index contributed by atoms with van der Waals surface area (Å²) in [5.41, 5.74) is 40.4. The molecule has 0 atom stereocenters. The summed E-state index contributed by atoms with van der Waals surface area (Å²) in [6.45, 7) is 6.37. The van der Waals surface area contributed by atoms with Gasteiger partial charge in [-0.3, -0.25) is 9.13 Å². The van der Waals surface area contributed by atoms with Crippen LogP contribution in [0.5, 0.6) is 0 Å². The lowest BCUT2D eigenvalue weighted by molar-refractivity contribution is 0.796. The third kappa shape index (κ3) is 9.31. The Hall–Kier alpha value is -16.2. The van der Waals surface area contributed by atoms with Crippen molar-refractivity contribution < 1.29 is 0 Å². The summed E-state index contributed by atoms with van der Waals surface area (Å²) >= 11 is 0. The first-order chi connectivity index (χ1) is 63.1. The zero-order chi connectivity index (χ0) is 84.4. The van der Waals surface area contributed by atoms with Crippen LogP contribution in [0.2, 0.25) is 0 Å². The van der Waals surface area contributed by atoms with E-state index in [9.17, 15) is 0 Å². The van der Waals surface area contributed by atoms with Gasteiger partial charge in [-0.15, -0.1) is 0 Å². The van der Waals surface area contributed by atoms with Crippen molar-refractivity contribution >= 4 is 109 Å². The Kier molecular flexibility index (Phi) is 14.5. The second kappa shape index (κ2) is 26.0. The zero-order valence-electron chi connectivity index (χ0n) is 71.0. The Morgan fingerprint density at radius 3 is 1.13 bits per heavy atom. The Labute approximate surface area is 737 Å². The maximum absolute atomic E-state index is 5.57. The highest BCUT2D eigenvalue weighted by Crippen LogP contribution is 2.69. The van der Waals surface area contributed by atoms with Crippen LogP contribution in [-0.4, -0.2) is 38.2 Å². The van der Waals surface area contributed by atoms with Crippen molar-refractivity contribution in [2.24, 2.45) is 14.1 Å². The molecule has 4 aromatic heterocycles. The van der Waals surface area contributed by atoms with E-state index in [2.05, 4.69) is 423 Å². The van der Waals surface area contributed by atoms with Crippen LogP contribution >= 0.6 is 0 Å². The molecule has 0 N–H and O–H groups in total. The van der Waals surface area contributed by atoms with Gasteiger partial charge in [0.25, 0.3) is 0 Å². The Bertz CT molecular complexity index is 8920. The van der Waals surface area contributed by atoms with Crippen LogP contribution in [0.3, 0.4) is 0 Å². The lowest BCUT2D eigenvalue weighted by atomic mass is 9.68. The number of para-hydroxylation sites is 4. The molecular formula is C120H78N8. The van der Waals surface area contributed by atoms with Gasteiger partial charge in [0.2, 0.25) is 0 Å². The number of hydrogen-bond donors (Lipinski definition) is 0. The molecule has 0 fully saturated rings. The molecule has 8 nitrogen and oxygen atoms in total. The fourth-order valence-corrected chi connectivity index (χ4v) is 24.5. The average Bonchev–Trinajstić information content (AvgIpc) is 1.50. The van der Waals surface area contributed by atoms with Gasteiger partial charge >= 0.3 is 0 Å². The lowest BCUT2D eigenvalue weighted by Crippen LogP contribution is -2.26. The SMILES string of the molecule is Cc1nc2ccc(-c3cccc4c(-c5cccc6c5C5(c7ccccc7-c7ccccc75)c5ccc7ccccc7c5-6)c5cccc(-c6ccc7nc(Cc8ccc9c%10c(ccc9c8)C8(c9ccccc9-c9ccccc98)c8c-%10cccc8-c8c9cccc(-n%10c(C)nc%11ccccc%11%10)c9cc9c(-n%10c(C)nc%11ccccc%11%10)cccc89)n(C)c7c6)c5cc34)cc2n1C. The van der Waals surface area contributed by atoms with Gasteiger partial charge in [-0.25, -0.2) is 19.9 Å². The largest absolute Gasteiger partial charge is 0.331 e. The van der Waals surface area contributed by atoms with E-state index < -0.39 is 10.8 Å². The minimum atomic E-state index is -0.698. The first-order valence-corrected chi connectivity index (χ1v) is 44.6. The highest BCUT2D eigenvalue weighted by molar-refractivity contribution is 6.23. The number of nitrogens with zero attached hydrogens (tertiary/aromatic N) is 8. The summed E-state index contributed by atoms with van der Waals surface area (Å²) in [6.07, 6.45) is 0.633. The molecule has 4 aliphatic rings. The highest BCUT2D eigenvalue weighted by atomic mass is 15.1. The maximum atomic E-state index is 5.57. The minimum absolute atomic E-state index is 0.624. The van der Waals surface area contributed by atoms with Crippen molar-refractivity contribution in [1.29, 1.82) is 0 Å². The van der Waals surface area contributed by atoms with Gasteiger partial charge in [0, 0.05) is 31.3 Å². The topological polar surface area (TPSA) is 71.3 Å². The Morgan fingerprint density at radius 2 is 0.609 bits per heavy atom. The Morgan fingerprint density at radius 1 is 0.234 bits per heavy atom. The van der Waals surface area contributed by atoms with E-state index >= 15 is 0 Å². The first-order valence-electron chi connectivity index (χ1n) is 44.6. The van der Waals surface area contributed by atoms with Crippen LogP contribution in [0, 0.1) is 20.8 Å². The molecule has 0 radical (unpaired) electrons. The monoisotopic (exact) mass is 1630 g/mol. The van der Waals surface area contributed by atoms with Crippen molar-refractivity contribution in [2.45, 2.75) is 38.0 Å². The van der Waals surface area contributed by atoms with Gasteiger partial charge in [-0.1, -0.05) is 297 Å². The molecule has 128 heavy (non-hydrogen) atoms. The number of rotatable bonds is 8. The molecule has 0 saturated heterocycles. The number of fused-ring (bicyclic) bond motifs is 32. The fraction of sp³-hybridized carbons (Fsp3) is 0.0667. The second-order valence-electron chi connectivity index (χ2n) is 35.8.